The second-order valence-electron chi connectivity index (χ2n) is 9.11. The minimum Gasteiger partial charge on any atom is -0.488 e. The lowest BCUT2D eigenvalue weighted by atomic mass is 10.1. The lowest BCUT2D eigenvalue weighted by molar-refractivity contribution is 0.191. The van der Waals surface area contributed by atoms with Crippen LogP contribution in [0.15, 0.2) is 42.7 Å². The predicted octanol–water partition coefficient (Wildman–Crippen LogP) is 5.25. The van der Waals surface area contributed by atoms with Crippen LogP contribution in [0.2, 0.25) is 5.02 Å². The van der Waals surface area contributed by atoms with Crippen molar-refractivity contribution < 1.29 is 24.5 Å². The molecule has 1 aliphatic heterocycles. The molecule has 0 saturated carbocycles. The van der Waals surface area contributed by atoms with Crippen LogP contribution in [-0.2, 0) is 13.0 Å². The number of aryl methyl sites for hydroxylation is 1. The Morgan fingerprint density at radius 3 is 2.77 bits per heavy atom. The third kappa shape index (κ3) is 4.58. The Morgan fingerprint density at radius 2 is 2.05 bits per heavy atom. The van der Waals surface area contributed by atoms with Gasteiger partial charge in [-0.1, -0.05) is 11.6 Å². The summed E-state index contributed by atoms with van der Waals surface area (Å²) in [4.78, 5) is 31.4. The summed E-state index contributed by atoms with van der Waals surface area (Å²) >= 11 is 8.08. The summed E-state index contributed by atoms with van der Waals surface area (Å²) < 4.78 is 12.2. The van der Waals surface area contributed by atoms with Gasteiger partial charge in [-0.25, -0.2) is 19.7 Å². The van der Waals surface area contributed by atoms with Gasteiger partial charge in [-0.05, 0) is 36.8 Å². The molecule has 6 rings (SSSR count). The van der Waals surface area contributed by atoms with Crippen molar-refractivity contribution in [2.45, 2.75) is 26.1 Å². The molecule has 12 heteroatoms. The second-order valence-corrected chi connectivity index (χ2v) is 10.5. The van der Waals surface area contributed by atoms with Crippen molar-refractivity contribution in [3.8, 4) is 22.2 Å². The molecule has 0 radical (unpaired) electrons. The topological polar surface area (TPSA) is 131 Å². The van der Waals surface area contributed by atoms with Crippen molar-refractivity contribution in [2.24, 2.45) is 0 Å². The fourth-order valence-electron chi connectivity index (χ4n) is 4.67. The van der Waals surface area contributed by atoms with Gasteiger partial charge in [-0.3, -0.25) is 9.88 Å². The van der Waals surface area contributed by atoms with Gasteiger partial charge in [0.05, 0.1) is 59.1 Å². The van der Waals surface area contributed by atoms with Gasteiger partial charge in [-0.15, -0.1) is 11.3 Å². The van der Waals surface area contributed by atoms with Gasteiger partial charge in [0, 0.05) is 29.3 Å². The highest BCUT2D eigenvalue weighted by molar-refractivity contribution is 7.22. The number of carboxylic acid groups (broad SMARTS) is 1. The first-order chi connectivity index (χ1) is 18.8. The van der Waals surface area contributed by atoms with E-state index in [0.717, 1.165) is 21.5 Å². The number of anilines is 1. The molecule has 1 atom stereocenters. The normalized spacial score (nSPS) is 14.4. The van der Waals surface area contributed by atoms with Gasteiger partial charge in [0.15, 0.2) is 0 Å². The number of ether oxygens (including phenoxy) is 2. The van der Waals surface area contributed by atoms with E-state index in [1.165, 1.54) is 23.3 Å². The molecule has 2 N–H and O–H groups in total. The predicted molar refractivity (Wildman–Crippen MR) is 148 cm³/mol. The Bertz CT molecular complexity index is 1740. The molecule has 4 heterocycles. The maximum absolute atomic E-state index is 12.0. The molecule has 1 unspecified atom stereocenters. The summed E-state index contributed by atoms with van der Waals surface area (Å²) in [5, 5.41) is 20.8. The van der Waals surface area contributed by atoms with Crippen molar-refractivity contribution in [3.63, 3.8) is 0 Å². The van der Waals surface area contributed by atoms with Crippen LogP contribution in [0.3, 0.4) is 0 Å². The average molecular weight is 564 g/mol. The molecule has 0 bridgehead atoms. The first kappa shape index (κ1) is 25.2. The highest BCUT2D eigenvalue weighted by Crippen LogP contribution is 2.45. The van der Waals surface area contributed by atoms with Crippen molar-refractivity contribution in [1.82, 2.24) is 19.9 Å². The zero-order chi connectivity index (χ0) is 27.3. The van der Waals surface area contributed by atoms with Gasteiger partial charge in [0.1, 0.15) is 22.4 Å². The average Bonchev–Trinajstić information content (AvgIpc) is 3.56. The Kier molecular flexibility index (Phi) is 6.42. The summed E-state index contributed by atoms with van der Waals surface area (Å²) in [7, 11) is 1.52. The van der Waals surface area contributed by atoms with E-state index in [-0.39, 0.29) is 13.2 Å². The Hall–Kier alpha value is -4.06. The van der Waals surface area contributed by atoms with E-state index in [1.54, 1.807) is 36.7 Å². The number of hydrogen-bond acceptors (Lipinski definition) is 9. The highest BCUT2D eigenvalue weighted by atomic mass is 35.5. The number of carbonyl (C=O) groups is 1. The van der Waals surface area contributed by atoms with Crippen molar-refractivity contribution >= 4 is 56.0 Å². The van der Waals surface area contributed by atoms with Crippen LogP contribution in [0.1, 0.15) is 16.8 Å². The SMILES string of the molecule is COc1cnc2c(-c3nc4c(Cl)cc5c(c4s3)CC(CN(C(=O)O)c3ccc(C)nc3)O5)cc(CO)cc2n1. The van der Waals surface area contributed by atoms with Crippen LogP contribution in [0, 0.1) is 6.92 Å². The zero-order valence-corrected chi connectivity index (χ0v) is 22.5. The molecule has 10 nitrogen and oxygen atoms in total. The minimum atomic E-state index is -1.09. The minimum absolute atomic E-state index is 0.125. The number of thiazole rings is 1. The number of methoxy groups -OCH3 is 1. The number of aromatic nitrogens is 4. The molecular formula is C27H22ClN5O5S. The molecule has 2 aromatic carbocycles. The van der Waals surface area contributed by atoms with Crippen LogP contribution in [-0.4, -0.2) is 56.0 Å². The van der Waals surface area contributed by atoms with E-state index in [9.17, 15) is 15.0 Å². The Morgan fingerprint density at radius 1 is 1.21 bits per heavy atom. The fraction of sp³-hybridized carbons (Fsp3) is 0.222. The molecule has 0 spiro atoms. The van der Waals surface area contributed by atoms with E-state index in [1.807, 2.05) is 13.0 Å². The van der Waals surface area contributed by atoms with Gasteiger partial charge >= 0.3 is 6.09 Å². The Labute approximate surface area is 231 Å². The van der Waals surface area contributed by atoms with E-state index in [4.69, 9.17) is 26.1 Å². The number of aliphatic hydroxyl groups excluding tert-OH is 1. The van der Waals surface area contributed by atoms with Crippen molar-refractivity contribution in [3.05, 3.63) is 64.6 Å². The molecule has 1 amide bonds. The van der Waals surface area contributed by atoms with E-state index in [0.29, 0.717) is 55.9 Å². The maximum Gasteiger partial charge on any atom is 0.411 e. The third-order valence-corrected chi connectivity index (χ3v) is 7.98. The first-order valence-electron chi connectivity index (χ1n) is 12.0. The van der Waals surface area contributed by atoms with Crippen LogP contribution in [0.5, 0.6) is 11.6 Å². The number of fused-ring (bicyclic) bond motifs is 4. The van der Waals surface area contributed by atoms with Crippen molar-refractivity contribution in [1.29, 1.82) is 0 Å². The number of halogens is 1. The van der Waals surface area contributed by atoms with E-state index in [2.05, 4.69) is 15.0 Å². The van der Waals surface area contributed by atoms with Crippen molar-refractivity contribution in [2.75, 3.05) is 18.6 Å². The summed E-state index contributed by atoms with van der Waals surface area (Å²) in [5.41, 5.74) is 5.41. The lowest BCUT2D eigenvalue weighted by Gasteiger charge is -2.22. The third-order valence-electron chi connectivity index (χ3n) is 6.54. The van der Waals surface area contributed by atoms with Crippen LogP contribution >= 0.6 is 22.9 Å². The number of benzene rings is 2. The molecule has 0 fully saturated rings. The molecule has 5 aromatic rings. The molecule has 39 heavy (non-hydrogen) atoms. The molecule has 1 aliphatic rings. The van der Waals surface area contributed by atoms with Crippen LogP contribution < -0.4 is 14.4 Å². The number of pyridine rings is 1. The molecule has 3 aromatic heterocycles. The summed E-state index contributed by atoms with van der Waals surface area (Å²) in [6.07, 6.45) is 2.07. The first-order valence-corrected chi connectivity index (χ1v) is 13.2. The molecular weight excluding hydrogens is 542 g/mol. The quantitative estimate of drug-likeness (QED) is 0.284. The number of nitrogens with zero attached hydrogens (tertiary/aromatic N) is 5. The summed E-state index contributed by atoms with van der Waals surface area (Å²) in [5.74, 6) is 0.979. The summed E-state index contributed by atoms with van der Waals surface area (Å²) in [6.45, 7) is 1.80. The maximum atomic E-state index is 12.0. The molecule has 198 valence electrons. The van der Waals surface area contributed by atoms with Crippen LogP contribution in [0.25, 0.3) is 31.8 Å². The molecule has 0 saturated heterocycles. The van der Waals surface area contributed by atoms with Gasteiger partial charge in [0.25, 0.3) is 0 Å². The van der Waals surface area contributed by atoms with Crippen LogP contribution in [0.4, 0.5) is 10.5 Å². The zero-order valence-electron chi connectivity index (χ0n) is 20.9. The summed E-state index contributed by atoms with van der Waals surface area (Å²) in [6, 6.07) is 8.84. The largest absolute Gasteiger partial charge is 0.488 e. The second kappa shape index (κ2) is 9.92. The number of rotatable bonds is 6. The van der Waals surface area contributed by atoms with Gasteiger partial charge in [0.2, 0.25) is 5.88 Å². The van der Waals surface area contributed by atoms with Gasteiger partial charge < -0.3 is 19.7 Å². The number of aliphatic hydroxyl groups is 1. The molecule has 0 aliphatic carbocycles. The van der Waals surface area contributed by atoms with E-state index >= 15 is 0 Å². The monoisotopic (exact) mass is 563 g/mol. The lowest BCUT2D eigenvalue weighted by Crippen LogP contribution is -2.38. The fourth-order valence-corrected chi connectivity index (χ4v) is 6.12. The highest BCUT2D eigenvalue weighted by Gasteiger charge is 2.31. The standard InChI is InChI=1S/C27H22ClN5O5S/c1-13-3-4-15(9-29-13)33(27(35)36)11-16-7-17-21(38-16)8-19(28)24-25(17)39-26(32-24)18-5-14(12-34)6-20-23(18)30-10-22(31-20)37-2/h3-6,8-10,16,34H,7,11-12H2,1-2H3,(H,35,36). The number of amides is 1. The Balaban J connectivity index is 1.38. The smallest absolute Gasteiger partial charge is 0.411 e. The number of hydrogen-bond donors (Lipinski definition) is 2. The van der Waals surface area contributed by atoms with E-state index < -0.39 is 12.2 Å². The van der Waals surface area contributed by atoms with Gasteiger partial charge in [-0.2, -0.15) is 0 Å².